The first-order valence-corrected chi connectivity index (χ1v) is 10.0. The lowest BCUT2D eigenvalue weighted by atomic mass is 10.1. The normalized spacial score (nSPS) is 12.0. The van der Waals surface area contributed by atoms with Gasteiger partial charge in [0.1, 0.15) is 23.3 Å². The van der Waals surface area contributed by atoms with Gasteiger partial charge in [-0.1, -0.05) is 39.0 Å². The van der Waals surface area contributed by atoms with Gasteiger partial charge in [-0.05, 0) is 43.0 Å². The average molecular weight is 410 g/mol. The molecule has 0 amide bonds. The smallest absolute Gasteiger partial charge is 0.347 e. The van der Waals surface area contributed by atoms with E-state index in [-0.39, 0.29) is 17.1 Å². The van der Waals surface area contributed by atoms with Crippen molar-refractivity contribution < 1.29 is 23.4 Å². The van der Waals surface area contributed by atoms with Crippen LogP contribution in [0.2, 0.25) is 0 Å². The standard InChI is InChI=1S/C24H26O6/c1-5-17-8-6-7-9-20(17)30-22-14-27-21-12-18(10-11-19(21)23(22)25)29-16(4)24(26)28-13-15(2)3/h6-12,14-16H,5,13H2,1-4H3. The third-order valence-electron chi connectivity index (χ3n) is 4.49. The van der Waals surface area contributed by atoms with E-state index in [2.05, 4.69) is 0 Å². The van der Waals surface area contributed by atoms with E-state index >= 15 is 0 Å². The van der Waals surface area contributed by atoms with Crippen LogP contribution in [-0.4, -0.2) is 18.7 Å². The second kappa shape index (κ2) is 9.48. The van der Waals surface area contributed by atoms with Crippen molar-refractivity contribution in [3.8, 4) is 17.2 Å². The zero-order chi connectivity index (χ0) is 21.7. The lowest BCUT2D eigenvalue weighted by Gasteiger charge is -2.15. The van der Waals surface area contributed by atoms with Gasteiger partial charge < -0.3 is 18.6 Å². The van der Waals surface area contributed by atoms with Gasteiger partial charge in [0, 0.05) is 6.07 Å². The second-order valence-corrected chi connectivity index (χ2v) is 7.43. The monoisotopic (exact) mass is 410 g/mol. The molecule has 0 aliphatic carbocycles. The molecule has 0 aliphatic rings. The molecule has 1 heterocycles. The van der Waals surface area contributed by atoms with Crippen LogP contribution in [-0.2, 0) is 16.0 Å². The number of aryl methyl sites for hydroxylation is 1. The first-order valence-electron chi connectivity index (χ1n) is 10.0. The molecule has 0 aliphatic heterocycles. The van der Waals surface area contributed by atoms with E-state index in [1.165, 1.54) is 6.26 Å². The van der Waals surface area contributed by atoms with Gasteiger partial charge in [-0.15, -0.1) is 0 Å². The van der Waals surface area contributed by atoms with Gasteiger partial charge in [-0.25, -0.2) is 4.79 Å². The molecule has 0 spiro atoms. The van der Waals surface area contributed by atoms with E-state index in [9.17, 15) is 9.59 Å². The van der Waals surface area contributed by atoms with Crippen molar-refractivity contribution in [3.05, 3.63) is 64.5 Å². The van der Waals surface area contributed by atoms with Crippen LogP contribution in [0.4, 0.5) is 0 Å². The summed E-state index contributed by atoms with van der Waals surface area (Å²) in [6.45, 7) is 7.90. The number of ether oxygens (including phenoxy) is 3. The highest BCUT2D eigenvalue weighted by Gasteiger charge is 2.18. The molecular formula is C24H26O6. The predicted molar refractivity (Wildman–Crippen MR) is 114 cm³/mol. The minimum atomic E-state index is -0.777. The topological polar surface area (TPSA) is 75.0 Å². The van der Waals surface area contributed by atoms with Crippen molar-refractivity contribution in [1.29, 1.82) is 0 Å². The molecule has 0 fully saturated rings. The summed E-state index contributed by atoms with van der Waals surface area (Å²) in [7, 11) is 0. The van der Waals surface area contributed by atoms with Crippen molar-refractivity contribution in [1.82, 2.24) is 0 Å². The summed E-state index contributed by atoms with van der Waals surface area (Å²) in [5, 5.41) is 0.365. The van der Waals surface area contributed by atoms with Crippen molar-refractivity contribution in [2.24, 2.45) is 5.92 Å². The largest absolute Gasteiger partial charge is 0.479 e. The first kappa shape index (κ1) is 21.4. The molecule has 0 saturated carbocycles. The van der Waals surface area contributed by atoms with E-state index in [0.29, 0.717) is 29.1 Å². The summed E-state index contributed by atoms with van der Waals surface area (Å²) in [4.78, 5) is 24.8. The highest BCUT2D eigenvalue weighted by atomic mass is 16.6. The minimum absolute atomic E-state index is 0.114. The fourth-order valence-corrected chi connectivity index (χ4v) is 2.87. The van der Waals surface area contributed by atoms with Crippen LogP contribution < -0.4 is 14.9 Å². The summed E-state index contributed by atoms with van der Waals surface area (Å²) < 4.78 is 22.2. The zero-order valence-corrected chi connectivity index (χ0v) is 17.6. The number of esters is 1. The summed E-state index contributed by atoms with van der Waals surface area (Å²) in [5.41, 5.74) is 1.06. The molecule has 30 heavy (non-hydrogen) atoms. The molecule has 6 nitrogen and oxygen atoms in total. The summed E-state index contributed by atoms with van der Waals surface area (Å²) in [6.07, 6.45) is 1.30. The predicted octanol–water partition coefficient (Wildman–Crippen LogP) is 5.11. The Kier molecular flexibility index (Phi) is 6.77. The molecule has 3 aromatic rings. The lowest BCUT2D eigenvalue weighted by Crippen LogP contribution is -2.27. The number of hydrogen-bond donors (Lipinski definition) is 0. The number of carbonyl (C=O) groups excluding carboxylic acids is 1. The Bertz CT molecular complexity index is 1080. The van der Waals surface area contributed by atoms with Crippen molar-refractivity contribution in [3.63, 3.8) is 0 Å². The van der Waals surface area contributed by atoms with Crippen LogP contribution in [0.5, 0.6) is 17.2 Å². The van der Waals surface area contributed by atoms with E-state index in [4.69, 9.17) is 18.6 Å². The summed E-state index contributed by atoms with van der Waals surface area (Å²) in [5.74, 6) is 0.952. The number of rotatable bonds is 8. The Balaban J connectivity index is 1.79. The highest BCUT2D eigenvalue weighted by molar-refractivity contribution is 5.79. The average Bonchev–Trinajstić information content (AvgIpc) is 2.74. The van der Waals surface area contributed by atoms with Crippen LogP contribution in [0.3, 0.4) is 0 Å². The van der Waals surface area contributed by atoms with E-state index in [1.807, 2.05) is 45.0 Å². The maximum atomic E-state index is 12.8. The Morgan fingerprint density at radius 2 is 1.83 bits per heavy atom. The number of benzene rings is 2. The van der Waals surface area contributed by atoms with Crippen LogP contribution >= 0.6 is 0 Å². The lowest BCUT2D eigenvalue weighted by molar-refractivity contribution is -0.152. The molecule has 3 rings (SSSR count). The molecule has 2 aromatic carbocycles. The Hall–Kier alpha value is -3.28. The van der Waals surface area contributed by atoms with Gasteiger partial charge in [0.15, 0.2) is 6.10 Å². The molecule has 0 saturated heterocycles. The summed E-state index contributed by atoms with van der Waals surface area (Å²) >= 11 is 0. The Labute approximate surface area is 175 Å². The maximum Gasteiger partial charge on any atom is 0.347 e. The number of fused-ring (bicyclic) bond motifs is 1. The number of para-hydroxylation sites is 1. The van der Waals surface area contributed by atoms with Gasteiger partial charge in [0.05, 0.1) is 12.0 Å². The van der Waals surface area contributed by atoms with Gasteiger partial charge in [0.25, 0.3) is 0 Å². The minimum Gasteiger partial charge on any atom is -0.479 e. The van der Waals surface area contributed by atoms with Gasteiger partial charge >= 0.3 is 5.97 Å². The fraction of sp³-hybridized carbons (Fsp3) is 0.333. The van der Waals surface area contributed by atoms with Gasteiger partial charge in [-0.3, -0.25) is 4.79 Å². The quantitative estimate of drug-likeness (QED) is 0.480. The number of carbonyl (C=O) groups is 1. The Morgan fingerprint density at radius 1 is 1.07 bits per heavy atom. The van der Waals surface area contributed by atoms with Crippen LogP contribution in [0, 0.1) is 5.92 Å². The molecule has 0 radical (unpaired) electrons. The molecule has 0 N–H and O–H groups in total. The third kappa shape index (κ3) is 5.00. The molecule has 1 aromatic heterocycles. The zero-order valence-electron chi connectivity index (χ0n) is 17.6. The molecule has 6 heteroatoms. The molecule has 0 bridgehead atoms. The third-order valence-corrected chi connectivity index (χ3v) is 4.49. The molecule has 158 valence electrons. The van der Waals surface area contributed by atoms with E-state index in [1.54, 1.807) is 25.1 Å². The van der Waals surface area contributed by atoms with Crippen molar-refractivity contribution >= 4 is 16.9 Å². The second-order valence-electron chi connectivity index (χ2n) is 7.43. The summed E-state index contributed by atoms with van der Waals surface area (Å²) in [6, 6.07) is 12.3. The van der Waals surface area contributed by atoms with Crippen LogP contribution in [0.15, 0.2) is 57.9 Å². The van der Waals surface area contributed by atoms with Crippen LogP contribution in [0.1, 0.15) is 33.3 Å². The molecule has 1 atom stereocenters. The van der Waals surface area contributed by atoms with E-state index < -0.39 is 12.1 Å². The molecular weight excluding hydrogens is 384 g/mol. The Morgan fingerprint density at radius 3 is 2.57 bits per heavy atom. The number of hydrogen-bond acceptors (Lipinski definition) is 6. The van der Waals surface area contributed by atoms with E-state index in [0.717, 1.165) is 12.0 Å². The van der Waals surface area contributed by atoms with Crippen molar-refractivity contribution in [2.75, 3.05) is 6.61 Å². The van der Waals surface area contributed by atoms with Gasteiger partial charge in [0.2, 0.25) is 11.2 Å². The first-order chi connectivity index (χ1) is 14.4. The fourth-order valence-electron chi connectivity index (χ4n) is 2.87. The molecule has 1 unspecified atom stereocenters. The maximum absolute atomic E-state index is 12.8. The highest BCUT2D eigenvalue weighted by Crippen LogP contribution is 2.27. The van der Waals surface area contributed by atoms with Crippen molar-refractivity contribution in [2.45, 2.75) is 40.2 Å². The SMILES string of the molecule is CCc1ccccc1Oc1coc2cc(OC(C)C(=O)OCC(C)C)ccc2c1=O. The van der Waals surface area contributed by atoms with Gasteiger partial charge in [-0.2, -0.15) is 0 Å². The van der Waals surface area contributed by atoms with Crippen LogP contribution in [0.25, 0.3) is 11.0 Å².